The van der Waals surface area contributed by atoms with Gasteiger partial charge >= 0.3 is 0 Å². The highest BCUT2D eigenvalue weighted by molar-refractivity contribution is 5.91. The number of carbonyl (C=O) groups is 1. The van der Waals surface area contributed by atoms with E-state index in [1.54, 1.807) is 10.9 Å². The molecule has 1 amide bonds. The SMILES string of the molecule is CC[C@H](C)C(=O)Nc1cnn(Cc2cn3ccccc3n2)c1. The number of hydrogen-bond acceptors (Lipinski definition) is 3. The molecule has 0 bridgehead atoms. The number of anilines is 1. The number of nitrogens with zero attached hydrogens (tertiary/aromatic N) is 4. The van der Waals surface area contributed by atoms with Gasteiger partial charge in [0, 0.05) is 24.5 Å². The molecule has 0 aromatic carbocycles. The lowest BCUT2D eigenvalue weighted by Crippen LogP contribution is -2.19. The van der Waals surface area contributed by atoms with Crippen LogP contribution in [-0.2, 0) is 11.3 Å². The molecule has 0 radical (unpaired) electrons. The molecule has 0 saturated heterocycles. The Bertz CT molecular complexity index is 756. The Morgan fingerprint density at radius 2 is 2.23 bits per heavy atom. The van der Waals surface area contributed by atoms with Crippen molar-refractivity contribution in [3.63, 3.8) is 0 Å². The third-order valence-electron chi connectivity index (χ3n) is 3.70. The van der Waals surface area contributed by atoms with E-state index in [1.807, 2.05) is 55.0 Å². The Labute approximate surface area is 128 Å². The van der Waals surface area contributed by atoms with E-state index in [0.717, 1.165) is 17.8 Å². The second kappa shape index (κ2) is 6.01. The number of hydrogen-bond donors (Lipinski definition) is 1. The molecule has 114 valence electrons. The van der Waals surface area contributed by atoms with Crippen molar-refractivity contribution in [2.75, 3.05) is 5.32 Å². The van der Waals surface area contributed by atoms with E-state index in [0.29, 0.717) is 12.2 Å². The molecule has 3 aromatic heterocycles. The molecule has 0 aliphatic carbocycles. The minimum atomic E-state index is 0.00166. The van der Waals surface area contributed by atoms with Crippen LogP contribution in [0.5, 0.6) is 0 Å². The zero-order valence-electron chi connectivity index (χ0n) is 12.7. The molecule has 0 saturated carbocycles. The Morgan fingerprint density at radius 3 is 3.00 bits per heavy atom. The summed E-state index contributed by atoms with van der Waals surface area (Å²) in [6.07, 6.45) is 8.25. The fourth-order valence-electron chi connectivity index (χ4n) is 2.19. The molecule has 3 aromatic rings. The lowest BCUT2D eigenvalue weighted by molar-refractivity contribution is -0.119. The van der Waals surface area contributed by atoms with E-state index in [2.05, 4.69) is 15.4 Å². The number of amides is 1. The van der Waals surface area contributed by atoms with Gasteiger partial charge in [-0.2, -0.15) is 5.10 Å². The molecule has 0 fully saturated rings. The maximum atomic E-state index is 11.9. The molecule has 0 unspecified atom stereocenters. The summed E-state index contributed by atoms with van der Waals surface area (Å²) >= 11 is 0. The number of rotatable bonds is 5. The van der Waals surface area contributed by atoms with Gasteiger partial charge in [0.1, 0.15) is 5.65 Å². The van der Waals surface area contributed by atoms with Crippen LogP contribution < -0.4 is 5.32 Å². The minimum absolute atomic E-state index is 0.00166. The standard InChI is InChI=1S/C16H19N5O/c1-3-12(2)16(22)19-13-8-17-21(10-13)11-14-9-20-7-5-4-6-15(20)18-14/h4-10,12H,3,11H2,1-2H3,(H,19,22)/t12-/m0/s1. The van der Waals surface area contributed by atoms with Crippen LogP contribution in [0.25, 0.3) is 5.65 Å². The zero-order valence-corrected chi connectivity index (χ0v) is 12.7. The summed E-state index contributed by atoms with van der Waals surface area (Å²) in [5.41, 5.74) is 2.55. The first-order valence-corrected chi connectivity index (χ1v) is 7.41. The van der Waals surface area contributed by atoms with Gasteiger partial charge in [0.2, 0.25) is 5.91 Å². The monoisotopic (exact) mass is 297 g/mol. The van der Waals surface area contributed by atoms with Gasteiger partial charge in [-0.1, -0.05) is 19.9 Å². The zero-order chi connectivity index (χ0) is 15.5. The van der Waals surface area contributed by atoms with Crippen LogP contribution in [0.4, 0.5) is 5.69 Å². The number of aromatic nitrogens is 4. The molecule has 6 heteroatoms. The van der Waals surface area contributed by atoms with Gasteiger partial charge in [-0.3, -0.25) is 9.48 Å². The van der Waals surface area contributed by atoms with Gasteiger partial charge in [0.05, 0.1) is 24.1 Å². The first kappa shape index (κ1) is 14.3. The van der Waals surface area contributed by atoms with Crippen molar-refractivity contribution in [1.29, 1.82) is 0 Å². The molecule has 1 N–H and O–H groups in total. The average Bonchev–Trinajstić information content (AvgIpc) is 3.12. The van der Waals surface area contributed by atoms with Crippen molar-refractivity contribution in [2.45, 2.75) is 26.8 Å². The smallest absolute Gasteiger partial charge is 0.227 e. The van der Waals surface area contributed by atoms with E-state index in [4.69, 9.17) is 0 Å². The molecule has 22 heavy (non-hydrogen) atoms. The van der Waals surface area contributed by atoms with Gasteiger partial charge in [-0.25, -0.2) is 4.98 Å². The highest BCUT2D eigenvalue weighted by atomic mass is 16.1. The van der Waals surface area contributed by atoms with Crippen molar-refractivity contribution in [3.05, 3.63) is 48.7 Å². The molecule has 6 nitrogen and oxygen atoms in total. The highest BCUT2D eigenvalue weighted by Gasteiger charge is 2.11. The van der Waals surface area contributed by atoms with E-state index in [9.17, 15) is 4.79 Å². The third kappa shape index (κ3) is 3.00. The van der Waals surface area contributed by atoms with Gasteiger partial charge in [-0.05, 0) is 18.6 Å². The first-order valence-electron chi connectivity index (χ1n) is 7.41. The largest absolute Gasteiger partial charge is 0.323 e. The third-order valence-corrected chi connectivity index (χ3v) is 3.70. The van der Waals surface area contributed by atoms with Crippen LogP contribution in [0.1, 0.15) is 26.0 Å². The number of nitrogens with one attached hydrogen (secondary N) is 1. The highest BCUT2D eigenvalue weighted by Crippen LogP contribution is 2.11. The molecule has 1 atom stereocenters. The van der Waals surface area contributed by atoms with Gasteiger partial charge in [-0.15, -0.1) is 0 Å². The second-order valence-corrected chi connectivity index (χ2v) is 5.42. The minimum Gasteiger partial charge on any atom is -0.323 e. The summed E-state index contributed by atoms with van der Waals surface area (Å²) in [4.78, 5) is 16.4. The van der Waals surface area contributed by atoms with Gasteiger partial charge in [0.15, 0.2) is 0 Å². The van der Waals surface area contributed by atoms with E-state index >= 15 is 0 Å². The molecule has 3 heterocycles. The van der Waals surface area contributed by atoms with Crippen molar-refractivity contribution < 1.29 is 4.79 Å². The molecular weight excluding hydrogens is 278 g/mol. The van der Waals surface area contributed by atoms with Crippen LogP contribution in [0.15, 0.2) is 43.0 Å². The predicted octanol–water partition coefficient (Wildman–Crippen LogP) is 2.56. The van der Waals surface area contributed by atoms with Gasteiger partial charge in [0.25, 0.3) is 0 Å². The molecule has 0 aliphatic heterocycles. The van der Waals surface area contributed by atoms with Gasteiger partial charge < -0.3 is 9.72 Å². The van der Waals surface area contributed by atoms with E-state index < -0.39 is 0 Å². The maximum Gasteiger partial charge on any atom is 0.227 e. The summed E-state index contributed by atoms with van der Waals surface area (Å²) in [6.45, 7) is 4.48. The molecule has 3 rings (SSSR count). The first-order chi connectivity index (χ1) is 10.7. The van der Waals surface area contributed by atoms with Crippen LogP contribution in [-0.4, -0.2) is 25.1 Å². The van der Waals surface area contributed by atoms with Crippen LogP contribution >= 0.6 is 0 Å². The predicted molar refractivity (Wildman–Crippen MR) is 84.6 cm³/mol. The molecule has 0 spiro atoms. The van der Waals surface area contributed by atoms with Crippen LogP contribution in [0.2, 0.25) is 0 Å². The van der Waals surface area contributed by atoms with Crippen LogP contribution in [0, 0.1) is 5.92 Å². The van der Waals surface area contributed by atoms with Crippen LogP contribution in [0.3, 0.4) is 0 Å². The van der Waals surface area contributed by atoms with Crippen molar-refractivity contribution in [1.82, 2.24) is 19.2 Å². The quantitative estimate of drug-likeness (QED) is 0.787. The average molecular weight is 297 g/mol. The Hall–Kier alpha value is -2.63. The van der Waals surface area contributed by atoms with E-state index in [-0.39, 0.29) is 11.8 Å². The number of imidazole rings is 1. The number of fused-ring (bicyclic) bond motifs is 1. The second-order valence-electron chi connectivity index (χ2n) is 5.42. The Morgan fingerprint density at radius 1 is 1.36 bits per heavy atom. The Kier molecular flexibility index (Phi) is 3.91. The summed E-state index contributed by atoms with van der Waals surface area (Å²) in [5, 5.41) is 7.15. The lowest BCUT2D eigenvalue weighted by atomic mass is 10.1. The summed E-state index contributed by atoms with van der Waals surface area (Å²) < 4.78 is 3.75. The van der Waals surface area contributed by atoms with E-state index in [1.165, 1.54) is 0 Å². The number of carbonyl (C=O) groups excluding carboxylic acids is 1. The fraction of sp³-hybridized carbons (Fsp3) is 0.312. The van der Waals surface area contributed by atoms with Crippen molar-refractivity contribution in [3.8, 4) is 0 Å². The van der Waals surface area contributed by atoms with Crippen molar-refractivity contribution >= 4 is 17.2 Å². The molecular formula is C16H19N5O. The summed E-state index contributed by atoms with van der Waals surface area (Å²) in [5.74, 6) is 0.0246. The fourth-order valence-corrected chi connectivity index (χ4v) is 2.19. The van der Waals surface area contributed by atoms with Crippen molar-refractivity contribution in [2.24, 2.45) is 5.92 Å². The topological polar surface area (TPSA) is 64.2 Å². The molecule has 0 aliphatic rings. The normalized spacial score (nSPS) is 12.5. The lowest BCUT2D eigenvalue weighted by Gasteiger charge is -2.07. The summed E-state index contributed by atoms with van der Waals surface area (Å²) in [6, 6.07) is 5.89. The maximum absolute atomic E-state index is 11.9. The Balaban J connectivity index is 1.70. The summed E-state index contributed by atoms with van der Waals surface area (Å²) in [7, 11) is 0. The number of pyridine rings is 1.